The van der Waals surface area contributed by atoms with Gasteiger partial charge in [-0.15, -0.1) is 0 Å². The molecule has 1 rings (SSSR count). The fraction of sp³-hybridized carbons (Fsp3) is 1.00. The number of nitrogens with two attached hydrogens (primary N) is 1. The van der Waals surface area contributed by atoms with Crippen molar-refractivity contribution in [1.82, 2.24) is 5.32 Å². The minimum absolute atomic E-state index is 0.260. The van der Waals surface area contributed by atoms with E-state index in [-0.39, 0.29) is 6.04 Å². The van der Waals surface area contributed by atoms with E-state index in [0.29, 0.717) is 6.61 Å². The zero-order chi connectivity index (χ0) is 9.03. The smallest absolute Gasteiger partial charge is 0.0844 e. The zero-order valence-corrected chi connectivity index (χ0v) is 7.55. The van der Waals surface area contributed by atoms with Crippen LogP contribution in [-0.2, 0) is 4.74 Å². The molecule has 4 N–H and O–H groups in total. The van der Waals surface area contributed by atoms with Crippen LogP contribution in [0.15, 0.2) is 0 Å². The SMILES string of the molecule is COCC(N)C1(O)CCNCC1. The molecule has 1 unspecified atom stereocenters. The van der Waals surface area contributed by atoms with E-state index in [1.807, 2.05) is 0 Å². The monoisotopic (exact) mass is 174 g/mol. The quantitative estimate of drug-likeness (QED) is 0.517. The second-order valence-corrected chi connectivity index (χ2v) is 3.42. The zero-order valence-electron chi connectivity index (χ0n) is 7.55. The lowest BCUT2D eigenvalue weighted by Crippen LogP contribution is -2.55. The van der Waals surface area contributed by atoms with Gasteiger partial charge in [-0.05, 0) is 25.9 Å². The summed E-state index contributed by atoms with van der Waals surface area (Å²) in [5, 5.41) is 13.2. The van der Waals surface area contributed by atoms with E-state index in [9.17, 15) is 5.11 Å². The van der Waals surface area contributed by atoms with Crippen molar-refractivity contribution in [1.29, 1.82) is 0 Å². The van der Waals surface area contributed by atoms with Gasteiger partial charge in [-0.2, -0.15) is 0 Å². The van der Waals surface area contributed by atoms with Crippen molar-refractivity contribution in [3.63, 3.8) is 0 Å². The highest BCUT2D eigenvalue weighted by Gasteiger charge is 2.35. The second kappa shape index (κ2) is 4.18. The summed E-state index contributed by atoms with van der Waals surface area (Å²) in [4.78, 5) is 0. The van der Waals surface area contributed by atoms with E-state index in [4.69, 9.17) is 10.5 Å². The van der Waals surface area contributed by atoms with Gasteiger partial charge in [0.05, 0.1) is 18.2 Å². The Labute approximate surface area is 73.1 Å². The predicted octanol–water partition coefficient (Wildman–Crippen LogP) is -0.925. The van der Waals surface area contributed by atoms with Gasteiger partial charge in [0.1, 0.15) is 0 Å². The lowest BCUT2D eigenvalue weighted by atomic mass is 9.86. The van der Waals surface area contributed by atoms with Crippen LogP contribution in [0.3, 0.4) is 0 Å². The third-order valence-corrected chi connectivity index (χ3v) is 2.51. The Balaban J connectivity index is 2.44. The molecule has 0 aromatic rings. The Bertz CT molecular complexity index is 135. The number of hydrogen-bond donors (Lipinski definition) is 3. The molecular formula is C8H18N2O2. The third-order valence-electron chi connectivity index (χ3n) is 2.51. The van der Waals surface area contributed by atoms with E-state index in [2.05, 4.69) is 5.32 Å². The first-order valence-corrected chi connectivity index (χ1v) is 4.37. The highest BCUT2D eigenvalue weighted by atomic mass is 16.5. The van der Waals surface area contributed by atoms with E-state index in [1.54, 1.807) is 7.11 Å². The van der Waals surface area contributed by atoms with Gasteiger partial charge in [-0.3, -0.25) is 0 Å². The molecule has 1 heterocycles. The standard InChI is InChI=1S/C8H18N2O2/c1-12-6-7(9)8(11)2-4-10-5-3-8/h7,10-11H,2-6,9H2,1H3. The van der Waals surface area contributed by atoms with Crippen LogP contribution in [-0.4, -0.2) is 43.6 Å². The van der Waals surface area contributed by atoms with E-state index in [1.165, 1.54) is 0 Å². The number of rotatable bonds is 3. The first-order chi connectivity index (χ1) is 5.69. The number of ether oxygens (including phenoxy) is 1. The summed E-state index contributed by atoms with van der Waals surface area (Å²) in [6, 6.07) is -0.260. The van der Waals surface area contributed by atoms with Gasteiger partial charge in [-0.1, -0.05) is 0 Å². The largest absolute Gasteiger partial charge is 0.388 e. The molecule has 72 valence electrons. The summed E-state index contributed by atoms with van der Waals surface area (Å²) in [5.41, 5.74) is 5.07. The summed E-state index contributed by atoms with van der Waals surface area (Å²) >= 11 is 0. The molecule has 0 radical (unpaired) electrons. The molecule has 0 aliphatic carbocycles. The summed E-state index contributed by atoms with van der Waals surface area (Å²) in [6.45, 7) is 2.11. The molecule has 12 heavy (non-hydrogen) atoms. The molecule has 4 heteroatoms. The van der Waals surface area contributed by atoms with E-state index >= 15 is 0 Å². The number of hydrogen-bond acceptors (Lipinski definition) is 4. The number of nitrogens with one attached hydrogen (secondary N) is 1. The van der Waals surface area contributed by atoms with Crippen LogP contribution in [0, 0.1) is 0 Å². The van der Waals surface area contributed by atoms with Gasteiger partial charge in [0.15, 0.2) is 0 Å². The molecule has 1 aliphatic heterocycles. The van der Waals surface area contributed by atoms with Crippen LogP contribution in [0.4, 0.5) is 0 Å². The summed E-state index contributed by atoms with van der Waals surface area (Å²) < 4.78 is 4.92. The Morgan fingerprint density at radius 2 is 2.17 bits per heavy atom. The molecule has 0 aromatic heterocycles. The molecule has 0 aromatic carbocycles. The number of aliphatic hydroxyl groups is 1. The maximum Gasteiger partial charge on any atom is 0.0844 e. The van der Waals surface area contributed by atoms with Crippen molar-refractivity contribution in [2.45, 2.75) is 24.5 Å². The normalized spacial score (nSPS) is 25.2. The fourth-order valence-corrected chi connectivity index (χ4v) is 1.57. The van der Waals surface area contributed by atoms with Crippen LogP contribution in [0.25, 0.3) is 0 Å². The van der Waals surface area contributed by atoms with Crippen LogP contribution in [0.1, 0.15) is 12.8 Å². The highest BCUT2D eigenvalue weighted by molar-refractivity contribution is 4.93. The van der Waals surface area contributed by atoms with Crippen molar-refractivity contribution in [2.75, 3.05) is 26.8 Å². The summed E-state index contributed by atoms with van der Waals surface area (Å²) in [5.74, 6) is 0. The second-order valence-electron chi connectivity index (χ2n) is 3.42. The minimum atomic E-state index is -0.721. The van der Waals surface area contributed by atoms with Crippen molar-refractivity contribution >= 4 is 0 Å². The van der Waals surface area contributed by atoms with Crippen molar-refractivity contribution < 1.29 is 9.84 Å². The van der Waals surface area contributed by atoms with Crippen LogP contribution in [0.2, 0.25) is 0 Å². The molecule has 1 atom stereocenters. The van der Waals surface area contributed by atoms with Gasteiger partial charge >= 0.3 is 0 Å². The summed E-state index contributed by atoms with van der Waals surface area (Å²) in [6.07, 6.45) is 1.44. The van der Waals surface area contributed by atoms with Gasteiger partial charge in [0, 0.05) is 7.11 Å². The lowest BCUT2D eigenvalue weighted by molar-refractivity contribution is -0.0338. The van der Waals surface area contributed by atoms with E-state index < -0.39 is 5.60 Å². The molecule has 4 nitrogen and oxygen atoms in total. The maximum atomic E-state index is 10.0. The van der Waals surface area contributed by atoms with Gasteiger partial charge in [-0.25, -0.2) is 0 Å². The molecule has 0 amide bonds. The van der Waals surface area contributed by atoms with E-state index in [0.717, 1.165) is 25.9 Å². The number of piperidine rings is 1. The van der Waals surface area contributed by atoms with Gasteiger partial charge in [0.25, 0.3) is 0 Å². The maximum absolute atomic E-state index is 10.0. The highest BCUT2D eigenvalue weighted by Crippen LogP contribution is 2.20. The average molecular weight is 174 g/mol. The molecule has 1 saturated heterocycles. The lowest BCUT2D eigenvalue weighted by Gasteiger charge is -2.37. The fourth-order valence-electron chi connectivity index (χ4n) is 1.57. The van der Waals surface area contributed by atoms with Crippen molar-refractivity contribution in [2.24, 2.45) is 5.73 Å². The van der Waals surface area contributed by atoms with Crippen molar-refractivity contribution in [3.05, 3.63) is 0 Å². The van der Waals surface area contributed by atoms with Crippen molar-refractivity contribution in [3.8, 4) is 0 Å². The predicted molar refractivity (Wildman–Crippen MR) is 46.9 cm³/mol. The summed E-state index contributed by atoms with van der Waals surface area (Å²) in [7, 11) is 1.60. The Morgan fingerprint density at radius 1 is 1.58 bits per heavy atom. The molecular weight excluding hydrogens is 156 g/mol. The molecule has 0 saturated carbocycles. The van der Waals surface area contributed by atoms with Crippen LogP contribution in [0.5, 0.6) is 0 Å². The average Bonchev–Trinajstić information content (AvgIpc) is 2.06. The molecule has 0 bridgehead atoms. The molecule has 0 spiro atoms. The minimum Gasteiger partial charge on any atom is -0.388 e. The van der Waals surface area contributed by atoms with Gasteiger partial charge < -0.3 is 20.9 Å². The molecule has 1 aliphatic rings. The Hall–Kier alpha value is -0.160. The first-order valence-electron chi connectivity index (χ1n) is 4.37. The van der Waals surface area contributed by atoms with Crippen LogP contribution >= 0.6 is 0 Å². The topological polar surface area (TPSA) is 67.5 Å². The number of methoxy groups -OCH3 is 1. The van der Waals surface area contributed by atoms with Crippen LogP contribution < -0.4 is 11.1 Å². The Morgan fingerprint density at radius 3 is 2.67 bits per heavy atom. The Kier molecular flexibility index (Phi) is 3.46. The third kappa shape index (κ3) is 2.17. The van der Waals surface area contributed by atoms with Gasteiger partial charge in [0.2, 0.25) is 0 Å². The molecule has 1 fully saturated rings. The first kappa shape index (κ1) is 9.92.